The van der Waals surface area contributed by atoms with Crippen LogP contribution in [0.3, 0.4) is 0 Å². The lowest BCUT2D eigenvalue weighted by Crippen LogP contribution is -2.25. The van der Waals surface area contributed by atoms with Crippen molar-refractivity contribution in [3.63, 3.8) is 0 Å². The van der Waals surface area contributed by atoms with Gasteiger partial charge in [-0.25, -0.2) is 0 Å². The quantitative estimate of drug-likeness (QED) is 0.785. The molecule has 0 heterocycles. The highest BCUT2D eigenvalue weighted by Crippen LogP contribution is 2.18. The average molecular weight is 255 g/mol. The molecule has 2 aromatic carbocycles. The summed E-state index contributed by atoms with van der Waals surface area (Å²) in [7, 11) is 0. The van der Waals surface area contributed by atoms with Gasteiger partial charge in [0.1, 0.15) is 0 Å². The second-order valence-corrected chi connectivity index (χ2v) is 5.89. The van der Waals surface area contributed by atoms with E-state index in [4.69, 9.17) is 0 Å². The summed E-state index contributed by atoms with van der Waals surface area (Å²) in [6, 6.07) is 15.8. The molecule has 0 bridgehead atoms. The molecule has 1 heteroatoms. The minimum absolute atomic E-state index is 0.585. The number of fused-ring (bicyclic) bond motifs is 1. The number of hydrogen-bond donors (Lipinski definition) is 1. The number of hydrogen-bond acceptors (Lipinski definition) is 1. The van der Waals surface area contributed by atoms with Gasteiger partial charge in [-0.15, -0.1) is 0 Å². The van der Waals surface area contributed by atoms with Gasteiger partial charge in [0.25, 0.3) is 0 Å². The van der Waals surface area contributed by atoms with Crippen LogP contribution in [0.25, 0.3) is 10.8 Å². The fraction of sp³-hybridized carbons (Fsp3) is 0.444. The van der Waals surface area contributed by atoms with Gasteiger partial charge >= 0.3 is 0 Å². The third-order valence-electron chi connectivity index (χ3n) is 3.70. The van der Waals surface area contributed by atoms with Crippen molar-refractivity contribution in [2.24, 2.45) is 5.92 Å². The van der Waals surface area contributed by atoms with Crippen LogP contribution in [0, 0.1) is 5.92 Å². The van der Waals surface area contributed by atoms with E-state index in [-0.39, 0.29) is 0 Å². The monoisotopic (exact) mass is 255 g/mol. The second kappa shape index (κ2) is 6.72. The Labute approximate surface area is 117 Å². The molecule has 0 amide bonds. The lowest BCUT2D eigenvalue weighted by atomic mass is 10.0. The standard InChI is InChI=1S/C18H25N/c1-14(2)11-12-15(3)19-13-17-9-6-8-16-7-4-5-10-18(16)17/h4-10,14-15,19H,11-13H2,1-3H3. The molecule has 0 aromatic heterocycles. The summed E-state index contributed by atoms with van der Waals surface area (Å²) in [4.78, 5) is 0. The minimum atomic E-state index is 0.585. The van der Waals surface area contributed by atoms with E-state index >= 15 is 0 Å². The van der Waals surface area contributed by atoms with Crippen LogP contribution < -0.4 is 5.32 Å². The molecular formula is C18H25N. The summed E-state index contributed by atoms with van der Waals surface area (Å²) in [5.74, 6) is 0.793. The van der Waals surface area contributed by atoms with Crippen molar-refractivity contribution in [1.29, 1.82) is 0 Å². The topological polar surface area (TPSA) is 12.0 Å². The maximum absolute atomic E-state index is 3.65. The van der Waals surface area contributed by atoms with E-state index in [1.165, 1.54) is 29.2 Å². The van der Waals surface area contributed by atoms with E-state index in [1.54, 1.807) is 0 Å². The molecule has 102 valence electrons. The van der Waals surface area contributed by atoms with Crippen LogP contribution >= 0.6 is 0 Å². The first-order valence-corrected chi connectivity index (χ1v) is 7.37. The van der Waals surface area contributed by atoms with E-state index in [1.807, 2.05) is 0 Å². The molecule has 0 spiro atoms. The molecule has 1 N–H and O–H groups in total. The summed E-state index contributed by atoms with van der Waals surface area (Å²) < 4.78 is 0. The van der Waals surface area contributed by atoms with E-state index in [0.29, 0.717) is 6.04 Å². The van der Waals surface area contributed by atoms with Gasteiger partial charge in [-0.3, -0.25) is 0 Å². The summed E-state index contributed by atoms with van der Waals surface area (Å²) >= 11 is 0. The first-order chi connectivity index (χ1) is 9.16. The van der Waals surface area contributed by atoms with Crippen molar-refractivity contribution >= 4 is 10.8 Å². The van der Waals surface area contributed by atoms with Gasteiger partial charge in [0, 0.05) is 12.6 Å². The van der Waals surface area contributed by atoms with Crippen molar-refractivity contribution in [2.75, 3.05) is 0 Å². The molecule has 1 atom stereocenters. The first-order valence-electron chi connectivity index (χ1n) is 7.37. The predicted molar refractivity (Wildman–Crippen MR) is 84.3 cm³/mol. The fourth-order valence-corrected chi connectivity index (χ4v) is 2.42. The first kappa shape index (κ1) is 14.1. The Morgan fingerprint density at radius 1 is 0.895 bits per heavy atom. The summed E-state index contributed by atoms with van der Waals surface area (Å²) in [5.41, 5.74) is 1.40. The van der Waals surface area contributed by atoms with Gasteiger partial charge in [0.15, 0.2) is 0 Å². The molecule has 2 rings (SSSR count). The fourth-order valence-electron chi connectivity index (χ4n) is 2.42. The van der Waals surface area contributed by atoms with Crippen LogP contribution in [0.2, 0.25) is 0 Å². The molecule has 0 radical (unpaired) electrons. The SMILES string of the molecule is CC(C)CCC(C)NCc1cccc2ccccc12. The van der Waals surface area contributed by atoms with Crippen molar-refractivity contribution in [1.82, 2.24) is 5.32 Å². The molecule has 0 saturated heterocycles. The molecule has 0 saturated carbocycles. The van der Waals surface area contributed by atoms with Gasteiger partial charge in [0.05, 0.1) is 0 Å². The largest absolute Gasteiger partial charge is 0.310 e. The summed E-state index contributed by atoms with van der Waals surface area (Å²) in [5, 5.41) is 6.35. The van der Waals surface area contributed by atoms with E-state index in [2.05, 4.69) is 68.6 Å². The van der Waals surface area contributed by atoms with Crippen molar-refractivity contribution in [3.8, 4) is 0 Å². The van der Waals surface area contributed by atoms with Crippen LogP contribution in [0.15, 0.2) is 42.5 Å². The Kier molecular flexibility index (Phi) is 4.98. The minimum Gasteiger partial charge on any atom is -0.310 e. The van der Waals surface area contributed by atoms with Crippen molar-refractivity contribution in [2.45, 2.75) is 46.2 Å². The maximum Gasteiger partial charge on any atom is 0.0214 e. The van der Waals surface area contributed by atoms with Gasteiger partial charge in [-0.1, -0.05) is 56.3 Å². The smallest absolute Gasteiger partial charge is 0.0214 e. The van der Waals surface area contributed by atoms with Crippen LogP contribution in [0.1, 0.15) is 39.2 Å². The van der Waals surface area contributed by atoms with Crippen molar-refractivity contribution < 1.29 is 0 Å². The molecule has 0 aliphatic rings. The highest BCUT2D eigenvalue weighted by Gasteiger charge is 2.05. The van der Waals surface area contributed by atoms with E-state index in [9.17, 15) is 0 Å². The Bertz CT molecular complexity index is 511. The third-order valence-corrected chi connectivity index (χ3v) is 3.70. The molecule has 19 heavy (non-hydrogen) atoms. The molecule has 2 aromatic rings. The highest BCUT2D eigenvalue weighted by atomic mass is 14.9. The lowest BCUT2D eigenvalue weighted by Gasteiger charge is -2.16. The van der Waals surface area contributed by atoms with E-state index in [0.717, 1.165) is 12.5 Å². The second-order valence-electron chi connectivity index (χ2n) is 5.89. The summed E-state index contributed by atoms with van der Waals surface area (Å²) in [6.45, 7) is 7.82. The van der Waals surface area contributed by atoms with Crippen LogP contribution in [0.5, 0.6) is 0 Å². The average Bonchev–Trinajstić information content (AvgIpc) is 2.42. The summed E-state index contributed by atoms with van der Waals surface area (Å²) in [6.07, 6.45) is 2.55. The Morgan fingerprint density at radius 2 is 1.63 bits per heavy atom. The molecule has 1 nitrogen and oxygen atoms in total. The molecule has 0 aliphatic heterocycles. The highest BCUT2D eigenvalue weighted by molar-refractivity contribution is 5.85. The Morgan fingerprint density at radius 3 is 2.42 bits per heavy atom. The van der Waals surface area contributed by atoms with Crippen LogP contribution in [-0.2, 0) is 6.54 Å². The predicted octanol–water partition coefficient (Wildman–Crippen LogP) is 4.75. The molecule has 0 aliphatic carbocycles. The number of nitrogens with one attached hydrogen (secondary N) is 1. The van der Waals surface area contributed by atoms with Crippen LogP contribution in [0.4, 0.5) is 0 Å². The van der Waals surface area contributed by atoms with E-state index < -0.39 is 0 Å². The molecule has 1 unspecified atom stereocenters. The zero-order valence-corrected chi connectivity index (χ0v) is 12.3. The normalized spacial score (nSPS) is 13.1. The van der Waals surface area contributed by atoms with Gasteiger partial charge in [0.2, 0.25) is 0 Å². The van der Waals surface area contributed by atoms with Crippen LogP contribution in [-0.4, -0.2) is 6.04 Å². The maximum atomic E-state index is 3.65. The van der Waals surface area contributed by atoms with Gasteiger partial charge in [-0.2, -0.15) is 0 Å². The zero-order valence-electron chi connectivity index (χ0n) is 12.3. The van der Waals surface area contributed by atoms with Gasteiger partial charge < -0.3 is 5.32 Å². The van der Waals surface area contributed by atoms with Gasteiger partial charge in [-0.05, 0) is 42.0 Å². The zero-order chi connectivity index (χ0) is 13.7. The third kappa shape index (κ3) is 4.07. The number of benzene rings is 2. The molecule has 0 fully saturated rings. The Balaban J connectivity index is 1.98. The lowest BCUT2D eigenvalue weighted by molar-refractivity contribution is 0.451. The Hall–Kier alpha value is -1.34. The molecular weight excluding hydrogens is 230 g/mol. The van der Waals surface area contributed by atoms with Crippen molar-refractivity contribution in [3.05, 3.63) is 48.0 Å². The number of rotatable bonds is 6.